The van der Waals surface area contributed by atoms with E-state index in [9.17, 15) is 13.2 Å². The Morgan fingerprint density at radius 1 is 1.14 bits per heavy atom. The van der Waals surface area contributed by atoms with Crippen molar-refractivity contribution in [1.29, 1.82) is 0 Å². The Morgan fingerprint density at radius 2 is 1.95 bits per heavy atom. The van der Waals surface area contributed by atoms with Gasteiger partial charge in [0, 0.05) is 0 Å². The zero-order valence-electron chi connectivity index (χ0n) is 11.7. The number of imidazole rings is 1. The van der Waals surface area contributed by atoms with Gasteiger partial charge in [0.15, 0.2) is 9.84 Å². The van der Waals surface area contributed by atoms with Crippen molar-refractivity contribution in [3.05, 3.63) is 64.1 Å². The van der Waals surface area contributed by atoms with Crippen molar-refractivity contribution >= 4 is 20.9 Å². The van der Waals surface area contributed by atoms with E-state index in [4.69, 9.17) is 0 Å². The number of aromatic nitrogens is 2. The van der Waals surface area contributed by atoms with Gasteiger partial charge in [0.05, 0.1) is 28.2 Å². The molecule has 0 saturated carbocycles. The van der Waals surface area contributed by atoms with Gasteiger partial charge in [0.25, 0.3) is 0 Å². The summed E-state index contributed by atoms with van der Waals surface area (Å²) in [5.74, 6) is 0.179. The molecule has 1 aliphatic heterocycles. The van der Waals surface area contributed by atoms with Gasteiger partial charge < -0.3 is 4.98 Å². The van der Waals surface area contributed by atoms with Gasteiger partial charge in [-0.3, -0.25) is 4.57 Å². The Bertz CT molecular complexity index is 1040. The maximum atomic E-state index is 12.1. The first kappa shape index (κ1) is 13.3. The first-order chi connectivity index (χ1) is 10.5. The molecule has 0 amide bonds. The van der Waals surface area contributed by atoms with Gasteiger partial charge >= 0.3 is 5.69 Å². The normalized spacial score (nSPS) is 16.0. The minimum atomic E-state index is -3.15. The quantitative estimate of drug-likeness (QED) is 0.782. The molecule has 112 valence electrons. The van der Waals surface area contributed by atoms with Gasteiger partial charge in [-0.25, -0.2) is 13.2 Å². The number of nitrogens with zero attached hydrogens (tertiary/aromatic N) is 1. The lowest BCUT2D eigenvalue weighted by Crippen LogP contribution is -2.17. The Kier molecular flexibility index (Phi) is 2.77. The van der Waals surface area contributed by atoms with Crippen molar-refractivity contribution < 1.29 is 8.42 Å². The topological polar surface area (TPSA) is 71.9 Å². The third-order valence-corrected chi connectivity index (χ3v) is 5.92. The first-order valence-electron chi connectivity index (χ1n) is 7.07. The molecular weight excluding hydrogens is 300 g/mol. The number of H-pyrrole nitrogens is 1. The van der Waals surface area contributed by atoms with E-state index in [2.05, 4.69) is 4.98 Å². The molecule has 1 aliphatic rings. The van der Waals surface area contributed by atoms with E-state index in [-0.39, 0.29) is 11.4 Å². The number of nitrogens with one attached hydrogen (secondary N) is 1. The molecule has 0 radical (unpaired) electrons. The molecule has 4 rings (SSSR count). The zero-order chi connectivity index (χ0) is 15.3. The van der Waals surface area contributed by atoms with Crippen LogP contribution in [0.1, 0.15) is 11.1 Å². The summed E-state index contributed by atoms with van der Waals surface area (Å²) in [4.78, 5) is 15.3. The number of benzene rings is 2. The number of aryl methyl sites for hydroxylation is 1. The van der Waals surface area contributed by atoms with E-state index < -0.39 is 9.84 Å². The second-order valence-corrected chi connectivity index (χ2v) is 7.62. The monoisotopic (exact) mass is 314 g/mol. The van der Waals surface area contributed by atoms with E-state index in [0.29, 0.717) is 17.9 Å². The fraction of sp³-hybridized carbons (Fsp3) is 0.188. The number of sulfone groups is 1. The highest BCUT2D eigenvalue weighted by molar-refractivity contribution is 7.91. The summed E-state index contributed by atoms with van der Waals surface area (Å²) in [5.41, 5.74) is 3.09. The highest BCUT2D eigenvalue weighted by Gasteiger charge is 2.26. The van der Waals surface area contributed by atoms with Gasteiger partial charge in [-0.05, 0) is 35.7 Å². The van der Waals surface area contributed by atoms with Crippen LogP contribution in [0.4, 0.5) is 0 Å². The van der Waals surface area contributed by atoms with Crippen LogP contribution in [-0.2, 0) is 22.8 Å². The van der Waals surface area contributed by atoms with Crippen LogP contribution in [-0.4, -0.2) is 23.7 Å². The van der Waals surface area contributed by atoms with Crippen molar-refractivity contribution in [2.75, 3.05) is 5.75 Å². The molecule has 1 aromatic heterocycles. The van der Waals surface area contributed by atoms with Gasteiger partial charge in [-0.2, -0.15) is 0 Å². The summed E-state index contributed by atoms with van der Waals surface area (Å²) in [6.07, 6.45) is 0.574. The fourth-order valence-corrected chi connectivity index (χ4v) is 4.60. The number of fused-ring (bicyclic) bond motifs is 2. The van der Waals surface area contributed by atoms with Gasteiger partial charge in [-0.1, -0.05) is 24.3 Å². The highest BCUT2D eigenvalue weighted by atomic mass is 32.2. The van der Waals surface area contributed by atoms with E-state index in [0.717, 1.165) is 22.2 Å². The summed E-state index contributed by atoms with van der Waals surface area (Å²) in [7, 11) is -3.15. The highest BCUT2D eigenvalue weighted by Crippen LogP contribution is 2.27. The third-order valence-electron chi connectivity index (χ3n) is 4.13. The van der Waals surface area contributed by atoms with E-state index in [1.54, 1.807) is 10.6 Å². The van der Waals surface area contributed by atoms with Crippen LogP contribution in [0.2, 0.25) is 0 Å². The summed E-state index contributed by atoms with van der Waals surface area (Å²) in [6, 6.07) is 12.9. The number of hydrogen-bond donors (Lipinski definition) is 1. The molecule has 0 fully saturated rings. The molecule has 0 saturated heterocycles. The molecule has 0 spiro atoms. The number of rotatable bonds is 2. The standard InChI is InChI=1S/C16H14N2O3S/c19-16-17-13-3-1-2-4-14(13)18(16)10-11-5-6-12-7-8-22(20,21)15(12)9-11/h1-6,9H,7-8,10H2,(H,17,19). The lowest BCUT2D eigenvalue weighted by atomic mass is 10.1. The van der Waals surface area contributed by atoms with Crippen LogP contribution in [0.15, 0.2) is 52.2 Å². The maximum absolute atomic E-state index is 12.1. The van der Waals surface area contributed by atoms with Crippen molar-refractivity contribution in [3.63, 3.8) is 0 Å². The fourth-order valence-electron chi connectivity index (χ4n) is 2.99. The zero-order valence-corrected chi connectivity index (χ0v) is 12.6. The van der Waals surface area contributed by atoms with E-state index in [1.807, 2.05) is 36.4 Å². The molecule has 2 heterocycles. The molecule has 3 aromatic rings. The second-order valence-electron chi connectivity index (χ2n) is 5.54. The van der Waals surface area contributed by atoms with Crippen LogP contribution < -0.4 is 5.69 Å². The average molecular weight is 314 g/mol. The number of hydrogen-bond acceptors (Lipinski definition) is 3. The van der Waals surface area contributed by atoms with Crippen molar-refractivity contribution in [2.45, 2.75) is 17.9 Å². The minimum Gasteiger partial charge on any atom is -0.306 e. The Morgan fingerprint density at radius 3 is 2.82 bits per heavy atom. The molecule has 0 aliphatic carbocycles. The van der Waals surface area contributed by atoms with E-state index in [1.165, 1.54) is 0 Å². The largest absolute Gasteiger partial charge is 0.326 e. The Hall–Kier alpha value is -2.34. The Balaban J connectivity index is 1.81. The van der Waals surface area contributed by atoms with Gasteiger partial charge in [0.2, 0.25) is 0 Å². The lowest BCUT2D eigenvalue weighted by molar-refractivity contribution is 0.600. The SMILES string of the molecule is O=c1[nH]c2ccccc2n1Cc1ccc2c(c1)S(=O)(=O)CC2. The van der Waals surface area contributed by atoms with E-state index >= 15 is 0 Å². The van der Waals surface area contributed by atoms with Gasteiger partial charge in [-0.15, -0.1) is 0 Å². The van der Waals surface area contributed by atoms with Crippen LogP contribution in [0.25, 0.3) is 11.0 Å². The van der Waals surface area contributed by atoms with Crippen molar-refractivity contribution in [1.82, 2.24) is 9.55 Å². The number of para-hydroxylation sites is 2. The molecule has 6 heteroatoms. The molecule has 2 aromatic carbocycles. The second kappa shape index (κ2) is 4.58. The molecule has 22 heavy (non-hydrogen) atoms. The van der Waals surface area contributed by atoms with Crippen LogP contribution in [0.3, 0.4) is 0 Å². The third kappa shape index (κ3) is 1.99. The summed E-state index contributed by atoms with van der Waals surface area (Å²) in [6.45, 7) is 0.353. The molecule has 0 bridgehead atoms. The molecular formula is C16H14N2O3S. The summed E-state index contributed by atoms with van der Waals surface area (Å²) >= 11 is 0. The predicted octanol–water partition coefficient (Wildman–Crippen LogP) is 1.71. The van der Waals surface area contributed by atoms with Crippen LogP contribution >= 0.6 is 0 Å². The lowest BCUT2D eigenvalue weighted by Gasteiger charge is -2.06. The van der Waals surface area contributed by atoms with Crippen LogP contribution in [0, 0.1) is 0 Å². The molecule has 0 atom stereocenters. The van der Waals surface area contributed by atoms with Crippen molar-refractivity contribution in [3.8, 4) is 0 Å². The number of aromatic amines is 1. The summed E-state index contributed by atoms with van der Waals surface area (Å²) < 4.78 is 25.6. The van der Waals surface area contributed by atoms with Gasteiger partial charge in [0.1, 0.15) is 0 Å². The summed E-state index contributed by atoms with van der Waals surface area (Å²) in [5, 5.41) is 0. The first-order valence-corrected chi connectivity index (χ1v) is 8.72. The van der Waals surface area contributed by atoms with Crippen LogP contribution in [0.5, 0.6) is 0 Å². The molecule has 5 nitrogen and oxygen atoms in total. The molecule has 1 N–H and O–H groups in total. The Labute approximate surface area is 127 Å². The average Bonchev–Trinajstić information content (AvgIpc) is 2.97. The maximum Gasteiger partial charge on any atom is 0.326 e. The predicted molar refractivity (Wildman–Crippen MR) is 83.9 cm³/mol. The minimum absolute atomic E-state index is 0.179. The smallest absolute Gasteiger partial charge is 0.306 e. The molecule has 0 unspecified atom stereocenters. The van der Waals surface area contributed by atoms with Crippen molar-refractivity contribution in [2.24, 2.45) is 0 Å².